The number of nitrogens with zero attached hydrogens (tertiary/aromatic N) is 2. The highest BCUT2D eigenvalue weighted by atomic mass is 32.2. The van der Waals surface area contributed by atoms with Crippen LogP contribution in [0.4, 0.5) is 11.4 Å². The molecule has 2 saturated heterocycles. The van der Waals surface area contributed by atoms with E-state index in [2.05, 4.69) is 10.3 Å². The molecule has 1 aromatic heterocycles. The molecule has 182 valence electrons. The Balaban J connectivity index is 1.53. The van der Waals surface area contributed by atoms with Crippen molar-refractivity contribution in [2.75, 3.05) is 43.1 Å². The molecule has 0 saturated carbocycles. The molecule has 35 heavy (non-hydrogen) atoms. The summed E-state index contributed by atoms with van der Waals surface area (Å²) in [5.74, 6) is -0.604. The van der Waals surface area contributed by atoms with Gasteiger partial charge in [-0.1, -0.05) is 12.1 Å². The van der Waals surface area contributed by atoms with E-state index in [1.54, 1.807) is 29.2 Å². The molecule has 0 radical (unpaired) electrons. The van der Waals surface area contributed by atoms with Crippen molar-refractivity contribution in [2.24, 2.45) is 0 Å². The zero-order chi connectivity index (χ0) is 24.6. The Labute approximate surface area is 201 Å². The van der Waals surface area contributed by atoms with Gasteiger partial charge < -0.3 is 19.9 Å². The first kappa shape index (κ1) is 23.2. The molecule has 2 amide bonds. The van der Waals surface area contributed by atoms with E-state index in [-0.39, 0.29) is 29.5 Å². The molecule has 0 spiro atoms. The van der Waals surface area contributed by atoms with Gasteiger partial charge in [-0.2, -0.15) is 4.31 Å². The highest BCUT2D eigenvalue weighted by Crippen LogP contribution is 2.30. The van der Waals surface area contributed by atoms with Gasteiger partial charge in [-0.25, -0.2) is 8.42 Å². The molecule has 2 aliphatic rings. The molecule has 3 heterocycles. The summed E-state index contributed by atoms with van der Waals surface area (Å²) in [6, 6.07) is 12.4. The van der Waals surface area contributed by atoms with Crippen molar-refractivity contribution in [3.05, 3.63) is 64.4 Å². The highest BCUT2D eigenvalue weighted by Gasteiger charge is 2.28. The maximum absolute atomic E-state index is 13.3. The maximum atomic E-state index is 13.3. The molecule has 2 fully saturated rings. The Hall–Kier alpha value is -3.54. The van der Waals surface area contributed by atoms with E-state index >= 15 is 0 Å². The molecular formula is C24H24N4O6S. The van der Waals surface area contributed by atoms with Crippen molar-refractivity contribution < 1.29 is 22.7 Å². The Bertz CT molecular complexity index is 1480. The fourth-order valence-electron chi connectivity index (χ4n) is 4.42. The van der Waals surface area contributed by atoms with Crippen LogP contribution >= 0.6 is 0 Å². The van der Waals surface area contributed by atoms with Crippen LogP contribution in [0, 0.1) is 0 Å². The van der Waals surface area contributed by atoms with Gasteiger partial charge in [0.25, 0.3) is 5.91 Å². The number of hydrogen-bond acceptors (Lipinski definition) is 6. The van der Waals surface area contributed by atoms with Gasteiger partial charge in [0, 0.05) is 43.0 Å². The number of para-hydroxylation sites is 2. The predicted molar refractivity (Wildman–Crippen MR) is 130 cm³/mol. The number of H-pyrrole nitrogens is 1. The SMILES string of the molecule is O=C(Nc1ccccc1N1CCCC1=O)c1cc(=O)[nH]c2ccc(S(=O)(=O)N3CCOCC3)cc12. The first-order chi connectivity index (χ1) is 16.8. The van der Waals surface area contributed by atoms with E-state index in [9.17, 15) is 22.8 Å². The van der Waals surface area contributed by atoms with Crippen molar-refractivity contribution >= 4 is 44.1 Å². The van der Waals surface area contributed by atoms with Gasteiger partial charge in [-0.15, -0.1) is 0 Å². The average Bonchev–Trinajstić information content (AvgIpc) is 3.29. The van der Waals surface area contributed by atoms with E-state index in [1.807, 2.05) is 0 Å². The van der Waals surface area contributed by atoms with Crippen LogP contribution in [0.25, 0.3) is 10.9 Å². The van der Waals surface area contributed by atoms with Gasteiger partial charge in [0.2, 0.25) is 21.5 Å². The molecule has 0 atom stereocenters. The molecule has 0 aliphatic carbocycles. The number of carbonyl (C=O) groups is 2. The first-order valence-corrected chi connectivity index (χ1v) is 12.7. The van der Waals surface area contributed by atoms with Crippen molar-refractivity contribution in [3.8, 4) is 0 Å². The summed E-state index contributed by atoms with van der Waals surface area (Å²) in [6.45, 7) is 1.67. The predicted octanol–water partition coefficient (Wildman–Crippen LogP) is 1.93. The lowest BCUT2D eigenvalue weighted by Crippen LogP contribution is -2.40. The summed E-state index contributed by atoms with van der Waals surface area (Å²) >= 11 is 0. The van der Waals surface area contributed by atoms with Crippen LogP contribution in [0.3, 0.4) is 0 Å². The molecule has 3 aromatic rings. The van der Waals surface area contributed by atoms with Gasteiger partial charge in [0.15, 0.2) is 0 Å². The number of fused-ring (bicyclic) bond motifs is 1. The summed E-state index contributed by atoms with van der Waals surface area (Å²) < 4.78 is 32.9. The fourth-order valence-corrected chi connectivity index (χ4v) is 5.86. The summed E-state index contributed by atoms with van der Waals surface area (Å²) in [7, 11) is -3.80. The summed E-state index contributed by atoms with van der Waals surface area (Å²) in [6.07, 6.45) is 1.18. The van der Waals surface area contributed by atoms with Gasteiger partial charge in [0.05, 0.1) is 35.0 Å². The van der Waals surface area contributed by atoms with Crippen molar-refractivity contribution in [1.29, 1.82) is 0 Å². The number of rotatable bonds is 5. The second-order valence-corrected chi connectivity index (χ2v) is 10.3. The van der Waals surface area contributed by atoms with E-state index in [0.717, 1.165) is 12.5 Å². The zero-order valence-electron chi connectivity index (χ0n) is 18.8. The van der Waals surface area contributed by atoms with Gasteiger partial charge in [-0.05, 0) is 36.8 Å². The third kappa shape index (κ3) is 4.45. The van der Waals surface area contributed by atoms with Crippen LogP contribution in [-0.2, 0) is 19.6 Å². The minimum atomic E-state index is -3.80. The molecule has 5 rings (SSSR count). The number of ether oxygens (including phenoxy) is 1. The molecular weight excluding hydrogens is 472 g/mol. The molecule has 11 heteroatoms. The number of amides is 2. The quantitative estimate of drug-likeness (QED) is 0.555. The number of aromatic nitrogens is 1. The number of hydrogen-bond donors (Lipinski definition) is 2. The third-order valence-electron chi connectivity index (χ3n) is 6.18. The zero-order valence-corrected chi connectivity index (χ0v) is 19.6. The van der Waals surface area contributed by atoms with Crippen LogP contribution < -0.4 is 15.8 Å². The van der Waals surface area contributed by atoms with Gasteiger partial charge in [-0.3, -0.25) is 14.4 Å². The minimum Gasteiger partial charge on any atom is -0.379 e. The fraction of sp³-hybridized carbons (Fsp3) is 0.292. The van der Waals surface area contributed by atoms with E-state index in [4.69, 9.17) is 4.74 Å². The van der Waals surface area contributed by atoms with E-state index in [1.165, 1.54) is 22.5 Å². The number of benzene rings is 2. The van der Waals surface area contributed by atoms with Crippen molar-refractivity contribution in [3.63, 3.8) is 0 Å². The number of aromatic amines is 1. The second kappa shape index (κ2) is 9.25. The number of nitrogens with one attached hydrogen (secondary N) is 2. The number of pyridine rings is 1. The molecule has 2 N–H and O–H groups in total. The van der Waals surface area contributed by atoms with E-state index in [0.29, 0.717) is 48.5 Å². The smallest absolute Gasteiger partial charge is 0.256 e. The second-order valence-electron chi connectivity index (χ2n) is 8.39. The molecule has 0 bridgehead atoms. The standard InChI is InChI=1S/C24H24N4O6S/c29-22-15-18(24(31)26-20-4-1-2-5-21(20)28-9-3-6-23(28)30)17-14-16(7-8-19(17)25-22)35(32,33)27-10-12-34-13-11-27/h1-2,4-5,7-8,14-15H,3,6,9-13H2,(H,25,29)(H,26,31). The Kier molecular flexibility index (Phi) is 6.13. The topological polar surface area (TPSA) is 129 Å². The van der Waals surface area contributed by atoms with Crippen LogP contribution in [0.2, 0.25) is 0 Å². The highest BCUT2D eigenvalue weighted by molar-refractivity contribution is 7.89. The minimum absolute atomic E-state index is 0.0220. The van der Waals surface area contributed by atoms with Crippen LogP contribution in [0.1, 0.15) is 23.2 Å². The third-order valence-corrected chi connectivity index (χ3v) is 8.08. The lowest BCUT2D eigenvalue weighted by atomic mass is 10.1. The number of sulfonamides is 1. The largest absolute Gasteiger partial charge is 0.379 e. The summed E-state index contributed by atoms with van der Waals surface area (Å²) in [5.41, 5.74) is 0.887. The normalized spacial score (nSPS) is 17.1. The first-order valence-electron chi connectivity index (χ1n) is 11.3. The van der Waals surface area contributed by atoms with Crippen LogP contribution in [0.15, 0.2) is 58.2 Å². The number of morpholine rings is 1. The maximum Gasteiger partial charge on any atom is 0.256 e. The Morgan fingerprint density at radius 1 is 1.00 bits per heavy atom. The van der Waals surface area contributed by atoms with Gasteiger partial charge in [0.1, 0.15) is 0 Å². The lowest BCUT2D eigenvalue weighted by Gasteiger charge is -2.26. The van der Waals surface area contributed by atoms with Crippen molar-refractivity contribution in [1.82, 2.24) is 9.29 Å². The lowest BCUT2D eigenvalue weighted by molar-refractivity contribution is -0.117. The molecule has 2 aromatic carbocycles. The van der Waals surface area contributed by atoms with E-state index < -0.39 is 21.5 Å². The Morgan fingerprint density at radius 3 is 2.51 bits per heavy atom. The number of carbonyl (C=O) groups excluding carboxylic acids is 2. The number of anilines is 2. The van der Waals surface area contributed by atoms with Crippen LogP contribution in [0.5, 0.6) is 0 Å². The Morgan fingerprint density at radius 2 is 1.77 bits per heavy atom. The van der Waals surface area contributed by atoms with Crippen LogP contribution in [-0.4, -0.2) is 62.4 Å². The van der Waals surface area contributed by atoms with Gasteiger partial charge >= 0.3 is 0 Å². The van der Waals surface area contributed by atoms with Crippen molar-refractivity contribution in [2.45, 2.75) is 17.7 Å². The summed E-state index contributed by atoms with van der Waals surface area (Å²) in [5, 5.41) is 3.10. The molecule has 0 unspecified atom stereocenters. The average molecular weight is 497 g/mol. The monoisotopic (exact) mass is 496 g/mol. The molecule has 2 aliphatic heterocycles. The molecule has 10 nitrogen and oxygen atoms in total. The summed E-state index contributed by atoms with van der Waals surface area (Å²) in [4.78, 5) is 42.2.